The van der Waals surface area contributed by atoms with Crippen molar-refractivity contribution >= 4 is 57.6 Å². The van der Waals surface area contributed by atoms with Crippen molar-refractivity contribution in [2.24, 2.45) is 5.73 Å². The number of likely N-dealkylation sites (tertiary alicyclic amines) is 1. The van der Waals surface area contributed by atoms with Crippen LogP contribution in [0.4, 0.5) is 14.9 Å². The van der Waals surface area contributed by atoms with E-state index < -0.39 is 35.7 Å². The lowest BCUT2D eigenvalue weighted by atomic mass is 10.0. The Labute approximate surface area is 323 Å². The molecule has 3 heterocycles. The Balaban J connectivity index is 1.25. The van der Waals surface area contributed by atoms with Crippen molar-refractivity contribution in [3.05, 3.63) is 130 Å². The van der Waals surface area contributed by atoms with Crippen LogP contribution in [0.5, 0.6) is 0 Å². The number of nitrogens with zero attached hydrogens (tertiary/aromatic N) is 3. The third-order valence-electron chi connectivity index (χ3n) is 9.47. The first kappa shape index (κ1) is 38.7. The number of aromatic nitrogens is 2. The zero-order valence-electron chi connectivity index (χ0n) is 29.7. The topological polar surface area (TPSA) is 146 Å². The van der Waals surface area contributed by atoms with E-state index >= 15 is 0 Å². The van der Waals surface area contributed by atoms with Gasteiger partial charge in [-0.05, 0) is 85.1 Å². The lowest BCUT2D eigenvalue weighted by molar-refractivity contribution is -0.129. The molecule has 0 unspecified atom stereocenters. The molecule has 5 aromatic rings. The molecule has 0 aliphatic carbocycles. The van der Waals surface area contributed by atoms with Gasteiger partial charge in [0.05, 0.1) is 12.1 Å². The second-order valence-corrected chi connectivity index (χ2v) is 14.2. The second kappa shape index (κ2) is 18.4. The number of amides is 4. The van der Waals surface area contributed by atoms with Gasteiger partial charge in [-0.3, -0.25) is 19.5 Å². The van der Waals surface area contributed by atoms with E-state index in [-0.39, 0.29) is 31.5 Å². The Hall–Kier alpha value is -5.01. The minimum atomic E-state index is -1.24. The lowest BCUT2D eigenvalue weighted by Crippen LogP contribution is -2.56. The summed E-state index contributed by atoms with van der Waals surface area (Å²) in [5.41, 5.74) is 9.84. The van der Waals surface area contributed by atoms with Crippen molar-refractivity contribution in [3.63, 3.8) is 0 Å². The van der Waals surface area contributed by atoms with Crippen LogP contribution in [-0.4, -0.2) is 70.6 Å². The third kappa shape index (κ3) is 9.94. The zero-order valence-corrected chi connectivity index (χ0v) is 31.2. The summed E-state index contributed by atoms with van der Waals surface area (Å²) in [5, 5.41) is 13.2. The normalized spacial score (nSPS) is 14.1. The second-order valence-electron chi connectivity index (χ2n) is 13.3. The Morgan fingerprint density at radius 2 is 1.56 bits per heavy atom. The number of rotatable bonds is 15. The van der Waals surface area contributed by atoms with E-state index in [2.05, 4.69) is 41.9 Å². The summed E-state index contributed by atoms with van der Waals surface area (Å²) in [7, 11) is 0. The van der Waals surface area contributed by atoms with Gasteiger partial charge >= 0.3 is 6.03 Å². The Bertz CT molecular complexity index is 2070. The molecule has 11 nitrogen and oxygen atoms in total. The van der Waals surface area contributed by atoms with Crippen LogP contribution < -0.4 is 27.0 Å². The largest absolute Gasteiger partial charge is 0.353 e. The molecule has 1 fully saturated rings. The summed E-state index contributed by atoms with van der Waals surface area (Å²) in [6.45, 7) is 3.69. The maximum atomic E-state index is 14.9. The Kier molecular flexibility index (Phi) is 13.2. The first-order chi connectivity index (χ1) is 26.2. The number of fused-ring (bicyclic) bond motifs is 1. The van der Waals surface area contributed by atoms with Crippen LogP contribution >= 0.6 is 23.2 Å². The van der Waals surface area contributed by atoms with Crippen molar-refractivity contribution in [1.82, 2.24) is 30.4 Å². The highest BCUT2D eigenvalue weighted by Crippen LogP contribution is 2.31. The van der Waals surface area contributed by atoms with E-state index in [1.165, 1.54) is 18.9 Å². The molecule has 1 aliphatic rings. The summed E-state index contributed by atoms with van der Waals surface area (Å²) < 4.78 is 16.9. The summed E-state index contributed by atoms with van der Waals surface area (Å²) >= 11 is 13.1. The molecule has 0 spiro atoms. The van der Waals surface area contributed by atoms with Gasteiger partial charge in [-0.1, -0.05) is 53.5 Å². The van der Waals surface area contributed by atoms with Gasteiger partial charge in [-0.25, -0.2) is 9.18 Å². The molecule has 2 aromatic heterocycles. The van der Waals surface area contributed by atoms with Crippen LogP contribution in [0.25, 0.3) is 10.9 Å². The summed E-state index contributed by atoms with van der Waals surface area (Å²) in [5.74, 6) is -1.64. The van der Waals surface area contributed by atoms with E-state index in [1.54, 1.807) is 67.0 Å². The summed E-state index contributed by atoms with van der Waals surface area (Å²) in [6.07, 6.45) is 7.61. The first-order valence-electron chi connectivity index (χ1n) is 17.9. The molecule has 0 bridgehead atoms. The number of nitrogens with one attached hydrogen (secondary N) is 4. The highest BCUT2D eigenvalue weighted by Gasteiger charge is 2.28. The Morgan fingerprint density at radius 3 is 2.28 bits per heavy atom. The number of hydrogen-bond acceptors (Lipinski definition) is 6. The molecule has 2 atom stereocenters. The number of carbonyl (C=O) groups is 3. The van der Waals surface area contributed by atoms with Crippen molar-refractivity contribution in [3.8, 4) is 0 Å². The van der Waals surface area contributed by atoms with E-state index in [0.717, 1.165) is 47.2 Å². The van der Waals surface area contributed by atoms with Gasteiger partial charge < -0.3 is 31.6 Å². The van der Waals surface area contributed by atoms with E-state index in [4.69, 9.17) is 28.9 Å². The van der Waals surface area contributed by atoms with E-state index in [9.17, 15) is 18.8 Å². The minimum absolute atomic E-state index is 0.155. The van der Waals surface area contributed by atoms with Gasteiger partial charge in [0.15, 0.2) is 0 Å². The number of hydrogen-bond donors (Lipinski definition) is 5. The minimum Gasteiger partial charge on any atom is -0.353 e. The molecule has 6 N–H and O–H groups in total. The van der Waals surface area contributed by atoms with Gasteiger partial charge in [-0.2, -0.15) is 0 Å². The van der Waals surface area contributed by atoms with Crippen molar-refractivity contribution in [2.45, 2.75) is 50.9 Å². The van der Waals surface area contributed by atoms with Crippen molar-refractivity contribution < 1.29 is 18.8 Å². The SMILES string of the molecule is NCCNC(=O)[C@H](Cc1ccncc1)NC(=O)[C@H](Cc1ccccc1F)NC(=O)Nc1ccc2c(CN3CCCC3)cn(Cc3c(Cl)cccc3Cl)c2c1. The smallest absolute Gasteiger partial charge is 0.319 e. The molecule has 282 valence electrons. The van der Waals surface area contributed by atoms with Gasteiger partial charge in [0, 0.05) is 77.7 Å². The standard InChI is InChI=1S/C40H43Cl2FN8O3/c41-32-7-5-8-33(42)31(32)25-51-24-28(23-50-18-3-4-19-50)30-11-10-29(22-37(30)51)47-40(54)49-36(21-27-6-1-2-9-34(27)43)39(53)48-35(38(52)46-17-14-44)20-26-12-15-45-16-13-26/h1-2,5-13,15-16,22,24,35-36H,3-4,14,17-21,23,25,44H2,(H,46,52)(H,48,53)(H2,47,49,54)/t35-,36-/m0/s1. The number of halogens is 3. The summed E-state index contributed by atoms with van der Waals surface area (Å²) in [4.78, 5) is 47.1. The zero-order chi connectivity index (χ0) is 38.0. The molecular weight excluding hydrogens is 730 g/mol. The quantitative estimate of drug-likeness (QED) is 0.0929. The molecule has 14 heteroatoms. The Morgan fingerprint density at radius 1 is 0.833 bits per heavy atom. The number of urea groups is 1. The van der Waals surface area contributed by atoms with Crippen LogP contribution in [0.15, 0.2) is 91.4 Å². The molecular formula is C40H43Cl2FN8O3. The highest BCUT2D eigenvalue weighted by molar-refractivity contribution is 6.36. The number of nitrogens with two attached hydrogens (primary N) is 1. The third-order valence-corrected chi connectivity index (χ3v) is 10.2. The molecule has 6 rings (SSSR count). The average molecular weight is 774 g/mol. The van der Waals surface area contributed by atoms with Gasteiger partial charge in [0.2, 0.25) is 11.8 Å². The number of anilines is 1. The number of benzene rings is 3. The summed E-state index contributed by atoms with van der Waals surface area (Å²) in [6, 6.07) is 17.6. The van der Waals surface area contributed by atoms with Crippen LogP contribution in [-0.2, 0) is 35.5 Å². The van der Waals surface area contributed by atoms with Crippen molar-refractivity contribution in [2.75, 3.05) is 31.5 Å². The fourth-order valence-corrected chi connectivity index (χ4v) is 7.23. The molecule has 1 aliphatic heterocycles. The number of carbonyl (C=O) groups excluding carboxylic acids is 3. The van der Waals surface area contributed by atoms with Gasteiger partial charge in [0.1, 0.15) is 17.9 Å². The molecule has 4 amide bonds. The van der Waals surface area contributed by atoms with Crippen LogP contribution in [0, 0.1) is 5.82 Å². The first-order valence-corrected chi connectivity index (χ1v) is 18.7. The van der Waals surface area contributed by atoms with Crippen LogP contribution in [0.3, 0.4) is 0 Å². The van der Waals surface area contributed by atoms with Crippen LogP contribution in [0.1, 0.15) is 35.1 Å². The van der Waals surface area contributed by atoms with Gasteiger partial charge in [0.25, 0.3) is 0 Å². The molecule has 3 aromatic carbocycles. The molecule has 0 radical (unpaired) electrons. The van der Waals surface area contributed by atoms with E-state index in [1.807, 2.05) is 12.1 Å². The van der Waals surface area contributed by atoms with E-state index in [0.29, 0.717) is 22.3 Å². The van der Waals surface area contributed by atoms with Crippen LogP contribution in [0.2, 0.25) is 10.0 Å². The van der Waals surface area contributed by atoms with Gasteiger partial charge in [-0.15, -0.1) is 0 Å². The molecule has 1 saturated heterocycles. The predicted octanol–water partition coefficient (Wildman–Crippen LogP) is 5.66. The molecule has 0 saturated carbocycles. The fraction of sp³-hybridized carbons (Fsp3) is 0.300. The number of pyridine rings is 1. The fourth-order valence-electron chi connectivity index (χ4n) is 6.71. The maximum absolute atomic E-state index is 14.9. The van der Waals surface area contributed by atoms with Crippen molar-refractivity contribution in [1.29, 1.82) is 0 Å². The maximum Gasteiger partial charge on any atom is 0.319 e. The monoisotopic (exact) mass is 772 g/mol. The molecule has 54 heavy (non-hydrogen) atoms. The lowest BCUT2D eigenvalue weighted by Gasteiger charge is -2.24. The highest BCUT2D eigenvalue weighted by atomic mass is 35.5. The predicted molar refractivity (Wildman–Crippen MR) is 210 cm³/mol. The average Bonchev–Trinajstić information content (AvgIpc) is 3.80.